The van der Waals surface area contributed by atoms with Gasteiger partial charge in [0.1, 0.15) is 0 Å². The molecular weight excluding hydrogens is 363 g/mol. The van der Waals surface area contributed by atoms with Crippen LogP contribution in [0.4, 0.5) is 5.69 Å². The van der Waals surface area contributed by atoms with Crippen LogP contribution in [0.3, 0.4) is 0 Å². The predicted molar refractivity (Wildman–Crippen MR) is 103 cm³/mol. The van der Waals surface area contributed by atoms with Gasteiger partial charge in [-0.2, -0.15) is 0 Å². The molecule has 122 valence electrons. The Balaban J connectivity index is 1.82. The molecule has 0 radical (unpaired) electrons. The minimum atomic E-state index is -0.164. The quantitative estimate of drug-likeness (QED) is 0.723. The van der Waals surface area contributed by atoms with Gasteiger partial charge in [-0.1, -0.05) is 54.4 Å². The van der Waals surface area contributed by atoms with Crippen LogP contribution in [0.1, 0.15) is 18.1 Å². The molecule has 6 heteroatoms. The minimum absolute atomic E-state index is 0.164. The summed E-state index contributed by atoms with van der Waals surface area (Å²) >= 11 is 13.3. The molecule has 1 N–H and O–H groups in total. The van der Waals surface area contributed by atoms with Crippen LogP contribution in [-0.2, 0) is 11.2 Å². The van der Waals surface area contributed by atoms with Gasteiger partial charge in [-0.25, -0.2) is 4.99 Å². The molecule has 0 unspecified atom stereocenters. The monoisotopic (exact) mass is 376 g/mol. The lowest BCUT2D eigenvalue weighted by atomic mass is 10.1. The van der Waals surface area contributed by atoms with E-state index in [2.05, 4.69) is 29.4 Å². The molecule has 3 rings (SSSR count). The Hall–Kier alpha value is -1.75. The van der Waals surface area contributed by atoms with Gasteiger partial charge in [0.25, 0.3) is 5.91 Å². The number of amidine groups is 1. The molecule has 1 aliphatic rings. The molecule has 1 heterocycles. The number of nitrogens with zero attached hydrogens (tertiary/aromatic N) is 1. The van der Waals surface area contributed by atoms with Crippen LogP contribution in [0.25, 0.3) is 6.08 Å². The molecule has 0 spiro atoms. The third kappa shape index (κ3) is 4.01. The van der Waals surface area contributed by atoms with Crippen molar-refractivity contribution in [3.63, 3.8) is 0 Å². The molecular formula is C18H14Cl2N2OS. The van der Waals surface area contributed by atoms with Crippen molar-refractivity contribution in [3.05, 3.63) is 68.5 Å². The second kappa shape index (κ2) is 7.43. The van der Waals surface area contributed by atoms with E-state index in [1.807, 2.05) is 18.2 Å². The zero-order chi connectivity index (χ0) is 17.1. The average Bonchev–Trinajstić information content (AvgIpc) is 2.90. The number of nitrogens with one attached hydrogen (secondary N) is 1. The normalized spacial score (nSPS) is 17.5. The van der Waals surface area contributed by atoms with Gasteiger partial charge in [0.05, 0.1) is 15.6 Å². The van der Waals surface area contributed by atoms with Crippen molar-refractivity contribution in [1.29, 1.82) is 0 Å². The zero-order valence-electron chi connectivity index (χ0n) is 12.8. The van der Waals surface area contributed by atoms with Gasteiger partial charge in [0.15, 0.2) is 5.17 Å². The largest absolute Gasteiger partial charge is 0.300 e. The van der Waals surface area contributed by atoms with Crippen molar-refractivity contribution in [2.75, 3.05) is 0 Å². The van der Waals surface area contributed by atoms with Crippen LogP contribution in [0.2, 0.25) is 10.0 Å². The number of hydrogen-bond acceptors (Lipinski definition) is 3. The molecule has 2 aromatic carbocycles. The summed E-state index contributed by atoms with van der Waals surface area (Å²) in [5.74, 6) is -0.164. The summed E-state index contributed by atoms with van der Waals surface area (Å²) < 4.78 is 0. The van der Waals surface area contributed by atoms with Gasteiger partial charge >= 0.3 is 0 Å². The van der Waals surface area contributed by atoms with Crippen molar-refractivity contribution < 1.29 is 4.79 Å². The summed E-state index contributed by atoms with van der Waals surface area (Å²) in [6.45, 7) is 2.11. The molecule has 0 saturated carbocycles. The Bertz CT molecular complexity index is 845. The molecule has 24 heavy (non-hydrogen) atoms. The maximum absolute atomic E-state index is 12.1. The number of aliphatic imine (C=N–C) groups is 1. The SMILES string of the molecule is CCc1ccc(C=C2SC(=Nc3ccc(Cl)cc3Cl)NC2=O)cc1. The predicted octanol–water partition coefficient (Wildman–Crippen LogP) is 5.45. The van der Waals surface area contributed by atoms with E-state index in [4.69, 9.17) is 23.2 Å². The highest BCUT2D eigenvalue weighted by Gasteiger charge is 2.24. The maximum Gasteiger partial charge on any atom is 0.264 e. The van der Waals surface area contributed by atoms with E-state index >= 15 is 0 Å². The van der Waals surface area contributed by atoms with Gasteiger partial charge in [-0.15, -0.1) is 0 Å². The number of carbonyl (C=O) groups is 1. The second-order valence-corrected chi connectivity index (χ2v) is 7.05. The van der Waals surface area contributed by atoms with Crippen molar-refractivity contribution in [2.24, 2.45) is 4.99 Å². The second-order valence-electron chi connectivity index (χ2n) is 5.17. The number of amides is 1. The number of rotatable bonds is 3. The highest BCUT2D eigenvalue weighted by atomic mass is 35.5. The summed E-state index contributed by atoms with van der Waals surface area (Å²) in [6.07, 6.45) is 2.84. The van der Waals surface area contributed by atoms with E-state index < -0.39 is 0 Å². The van der Waals surface area contributed by atoms with Crippen molar-refractivity contribution >= 4 is 57.8 Å². The number of halogens is 2. The van der Waals surface area contributed by atoms with E-state index in [0.29, 0.717) is 25.8 Å². The Morgan fingerprint density at radius 1 is 1.17 bits per heavy atom. The molecule has 1 amide bonds. The smallest absolute Gasteiger partial charge is 0.264 e. The van der Waals surface area contributed by atoms with Crippen LogP contribution >= 0.6 is 35.0 Å². The minimum Gasteiger partial charge on any atom is -0.300 e. The number of carbonyl (C=O) groups excluding carboxylic acids is 1. The lowest BCUT2D eigenvalue weighted by molar-refractivity contribution is -0.115. The highest BCUT2D eigenvalue weighted by molar-refractivity contribution is 8.18. The Kier molecular flexibility index (Phi) is 5.29. The lowest BCUT2D eigenvalue weighted by Crippen LogP contribution is -2.19. The van der Waals surface area contributed by atoms with E-state index in [1.165, 1.54) is 17.3 Å². The van der Waals surface area contributed by atoms with Crippen LogP contribution in [-0.4, -0.2) is 11.1 Å². The summed E-state index contributed by atoms with van der Waals surface area (Å²) in [4.78, 5) is 17.1. The molecule has 1 saturated heterocycles. The first kappa shape index (κ1) is 17.1. The van der Waals surface area contributed by atoms with Gasteiger partial charge < -0.3 is 5.32 Å². The van der Waals surface area contributed by atoms with Crippen LogP contribution in [0.15, 0.2) is 52.4 Å². The fraction of sp³-hybridized carbons (Fsp3) is 0.111. The first-order valence-corrected chi connectivity index (χ1v) is 8.96. The van der Waals surface area contributed by atoms with Crippen molar-refractivity contribution in [1.82, 2.24) is 5.32 Å². The molecule has 0 atom stereocenters. The summed E-state index contributed by atoms with van der Waals surface area (Å²) in [5.41, 5.74) is 2.81. The lowest BCUT2D eigenvalue weighted by Gasteiger charge is -2.00. The molecule has 3 nitrogen and oxygen atoms in total. The van der Waals surface area contributed by atoms with Crippen molar-refractivity contribution in [2.45, 2.75) is 13.3 Å². The highest BCUT2D eigenvalue weighted by Crippen LogP contribution is 2.32. The van der Waals surface area contributed by atoms with E-state index in [0.717, 1.165) is 12.0 Å². The molecule has 0 aliphatic carbocycles. The van der Waals surface area contributed by atoms with E-state index in [9.17, 15) is 4.79 Å². The molecule has 0 bridgehead atoms. The number of aryl methyl sites for hydroxylation is 1. The Morgan fingerprint density at radius 3 is 2.58 bits per heavy atom. The third-order valence-corrected chi connectivity index (χ3v) is 4.92. The Morgan fingerprint density at radius 2 is 1.92 bits per heavy atom. The van der Waals surface area contributed by atoms with Gasteiger partial charge in [-0.05, 0) is 53.6 Å². The third-order valence-electron chi connectivity index (χ3n) is 3.47. The first-order valence-electron chi connectivity index (χ1n) is 7.38. The Labute approximate surface area is 154 Å². The van der Waals surface area contributed by atoms with Crippen LogP contribution in [0, 0.1) is 0 Å². The average molecular weight is 377 g/mol. The van der Waals surface area contributed by atoms with Crippen LogP contribution < -0.4 is 5.32 Å². The molecule has 2 aromatic rings. The zero-order valence-corrected chi connectivity index (χ0v) is 15.2. The maximum atomic E-state index is 12.1. The summed E-state index contributed by atoms with van der Waals surface area (Å²) in [7, 11) is 0. The number of hydrogen-bond donors (Lipinski definition) is 1. The topological polar surface area (TPSA) is 41.5 Å². The molecule has 1 fully saturated rings. The first-order chi connectivity index (χ1) is 11.5. The standard InChI is InChI=1S/C18H14Cl2N2OS/c1-2-11-3-5-12(6-4-11)9-16-17(23)22-18(24-16)21-15-8-7-13(19)10-14(15)20/h3-10H,2H2,1H3,(H,21,22,23). The van der Waals surface area contributed by atoms with Crippen molar-refractivity contribution in [3.8, 4) is 0 Å². The molecule has 1 aliphatic heterocycles. The van der Waals surface area contributed by atoms with E-state index in [-0.39, 0.29) is 5.91 Å². The summed E-state index contributed by atoms with van der Waals surface area (Å²) in [5, 5.41) is 4.24. The fourth-order valence-electron chi connectivity index (χ4n) is 2.16. The van der Waals surface area contributed by atoms with Crippen LogP contribution in [0.5, 0.6) is 0 Å². The van der Waals surface area contributed by atoms with Gasteiger partial charge in [0.2, 0.25) is 0 Å². The number of benzene rings is 2. The molecule has 0 aromatic heterocycles. The van der Waals surface area contributed by atoms with Gasteiger partial charge in [0, 0.05) is 5.02 Å². The number of thioether (sulfide) groups is 1. The summed E-state index contributed by atoms with van der Waals surface area (Å²) in [6, 6.07) is 13.2. The van der Waals surface area contributed by atoms with Gasteiger partial charge in [-0.3, -0.25) is 4.79 Å². The van der Waals surface area contributed by atoms with E-state index in [1.54, 1.807) is 18.2 Å². The fourth-order valence-corrected chi connectivity index (χ4v) is 3.45.